The molecule has 4 rings (SSSR count). The van der Waals surface area contributed by atoms with Gasteiger partial charge in [-0.1, -0.05) is 11.2 Å². The van der Waals surface area contributed by atoms with E-state index in [1.54, 1.807) is 7.11 Å². The summed E-state index contributed by atoms with van der Waals surface area (Å²) < 4.78 is 16.5. The number of nitrogens with one attached hydrogen (secondary N) is 2. The van der Waals surface area contributed by atoms with Gasteiger partial charge in [0.25, 0.3) is 5.89 Å². The quantitative estimate of drug-likeness (QED) is 0.759. The van der Waals surface area contributed by atoms with E-state index in [2.05, 4.69) is 20.1 Å². The highest BCUT2D eigenvalue weighted by Crippen LogP contribution is 2.35. The molecule has 3 heterocycles. The van der Waals surface area contributed by atoms with E-state index in [-0.39, 0.29) is 5.69 Å². The number of H-pyrrole nitrogens is 2. The number of para-hydroxylation sites is 1. The van der Waals surface area contributed by atoms with E-state index >= 15 is 0 Å². The first-order valence-corrected chi connectivity index (χ1v) is 7.40. The Kier molecular flexibility index (Phi) is 3.28. The summed E-state index contributed by atoms with van der Waals surface area (Å²) in [7, 11) is 1.64. The minimum Gasteiger partial charge on any atom is -0.381 e. The van der Waals surface area contributed by atoms with Crippen molar-refractivity contribution in [1.29, 1.82) is 0 Å². The summed E-state index contributed by atoms with van der Waals surface area (Å²) in [6.45, 7) is 1.19. The van der Waals surface area contributed by atoms with Crippen LogP contribution in [-0.2, 0) is 15.1 Å². The van der Waals surface area contributed by atoms with E-state index in [0.29, 0.717) is 54.4 Å². The molecule has 3 aromatic rings. The maximum absolute atomic E-state index is 11.5. The van der Waals surface area contributed by atoms with Crippen LogP contribution in [0.25, 0.3) is 22.5 Å². The van der Waals surface area contributed by atoms with Gasteiger partial charge in [0.05, 0.1) is 16.6 Å². The first kappa shape index (κ1) is 14.2. The average Bonchev–Trinajstić information content (AvgIpc) is 3.21. The van der Waals surface area contributed by atoms with Crippen molar-refractivity contribution in [1.82, 2.24) is 20.1 Å². The number of ether oxygens (including phenoxy) is 2. The second-order valence-corrected chi connectivity index (χ2v) is 5.54. The van der Waals surface area contributed by atoms with Crippen molar-refractivity contribution in [3.8, 4) is 11.5 Å². The number of imidazole rings is 1. The highest BCUT2D eigenvalue weighted by atomic mass is 16.5. The standard InChI is InChI=1S/C15H16N4O4/c1-21-15(5-7-22-8-6-15)13-18-12(23-19-13)9-3-2-4-10-11(9)17-14(20)16-10/h2-4H,5-8H2,1H3,(H2,16,17,20). The predicted octanol–water partition coefficient (Wildman–Crippen LogP) is 1.56. The van der Waals surface area contributed by atoms with Gasteiger partial charge in [-0.25, -0.2) is 4.79 Å². The van der Waals surface area contributed by atoms with E-state index in [9.17, 15) is 4.79 Å². The van der Waals surface area contributed by atoms with Crippen molar-refractivity contribution >= 4 is 11.0 Å². The van der Waals surface area contributed by atoms with Crippen LogP contribution < -0.4 is 5.69 Å². The van der Waals surface area contributed by atoms with E-state index in [0.717, 1.165) is 0 Å². The number of methoxy groups -OCH3 is 1. The van der Waals surface area contributed by atoms with Gasteiger partial charge >= 0.3 is 5.69 Å². The van der Waals surface area contributed by atoms with E-state index in [1.165, 1.54) is 0 Å². The fourth-order valence-corrected chi connectivity index (χ4v) is 2.97. The molecule has 8 nitrogen and oxygen atoms in total. The fraction of sp³-hybridized carbons (Fsp3) is 0.400. The zero-order valence-corrected chi connectivity index (χ0v) is 12.6. The molecule has 1 aliphatic heterocycles. The van der Waals surface area contributed by atoms with Crippen LogP contribution in [0.1, 0.15) is 18.7 Å². The van der Waals surface area contributed by atoms with Gasteiger partial charge in [0.2, 0.25) is 5.82 Å². The fourth-order valence-electron chi connectivity index (χ4n) is 2.97. The van der Waals surface area contributed by atoms with Crippen LogP contribution in [0.15, 0.2) is 27.5 Å². The van der Waals surface area contributed by atoms with Crippen LogP contribution in [0.3, 0.4) is 0 Å². The molecule has 1 fully saturated rings. The number of hydrogen-bond acceptors (Lipinski definition) is 6. The Labute approximate surface area is 130 Å². The molecule has 2 aromatic heterocycles. The molecule has 1 aliphatic rings. The molecule has 0 unspecified atom stereocenters. The molecule has 0 aliphatic carbocycles. The summed E-state index contributed by atoms with van der Waals surface area (Å²) in [5.74, 6) is 0.858. The summed E-state index contributed by atoms with van der Waals surface area (Å²) in [4.78, 5) is 21.5. The second-order valence-electron chi connectivity index (χ2n) is 5.54. The number of aromatic nitrogens is 4. The van der Waals surface area contributed by atoms with Gasteiger partial charge in [-0.05, 0) is 12.1 Å². The van der Waals surface area contributed by atoms with Crippen molar-refractivity contribution in [2.75, 3.05) is 20.3 Å². The van der Waals surface area contributed by atoms with Crippen molar-refractivity contribution < 1.29 is 14.0 Å². The van der Waals surface area contributed by atoms with Gasteiger partial charge in [0.1, 0.15) is 5.60 Å². The Morgan fingerprint density at radius 3 is 2.87 bits per heavy atom. The number of rotatable bonds is 3. The molecule has 0 bridgehead atoms. The zero-order valence-electron chi connectivity index (χ0n) is 12.6. The summed E-state index contributed by atoms with van der Waals surface area (Å²) in [5.41, 5.74) is 1.16. The van der Waals surface area contributed by atoms with Crippen LogP contribution in [0.4, 0.5) is 0 Å². The maximum atomic E-state index is 11.5. The Balaban J connectivity index is 1.79. The van der Waals surface area contributed by atoms with Crippen LogP contribution >= 0.6 is 0 Å². The number of aromatic amines is 2. The van der Waals surface area contributed by atoms with Gasteiger partial charge in [-0.15, -0.1) is 0 Å². The third-order valence-electron chi connectivity index (χ3n) is 4.31. The molecule has 0 spiro atoms. The molecular formula is C15H16N4O4. The van der Waals surface area contributed by atoms with Crippen LogP contribution in [0.2, 0.25) is 0 Å². The molecule has 1 saturated heterocycles. The van der Waals surface area contributed by atoms with Gasteiger partial charge < -0.3 is 24.0 Å². The minimum atomic E-state index is -0.584. The molecule has 0 saturated carbocycles. The van der Waals surface area contributed by atoms with Crippen LogP contribution in [0, 0.1) is 0 Å². The smallest absolute Gasteiger partial charge is 0.323 e. The molecule has 2 N–H and O–H groups in total. The highest BCUT2D eigenvalue weighted by Gasteiger charge is 2.39. The van der Waals surface area contributed by atoms with Gasteiger partial charge in [0, 0.05) is 33.2 Å². The number of fused-ring (bicyclic) bond motifs is 1. The lowest BCUT2D eigenvalue weighted by molar-refractivity contribution is -0.101. The molecule has 23 heavy (non-hydrogen) atoms. The van der Waals surface area contributed by atoms with Gasteiger partial charge in [-0.3, -0.25) is 0 Å². The van der Waals surface area contributed by atoms with E-state index in [4.69, 9.17) is 14.0 Å². The van der Waals surface area contributed by atoms with Gasteiger partial charge in [-0.2, -0.15) is 4.98 Å². The number of nitrogens with zero attached hydrogens (tertiary/aromatic N) is 2. The minimum absolute atomic E-state index is 0.273. The largest absolute Gasteiger partial charge is 0.381 e. The van der Waals surface area contributed by atoms with Crippen LogP contribution in [-0.4, -0.2) is 40.4 Å². The summed E-state index contributed by atoms with van der Waals surface area (Å²) in [6, 6.07) is 5.46. The van der Waals surface area contributed by atoms with E-state index in [1.807, 2.05) is 18.2 Å². The lowest BCUT2D eigenvalue weighted by Crippen LogP contribution is -2.36. The van der Waals surface area contributed by atoms with Crippen molar-refractivity contribution in [2.45, 2.75) is 18.4 Å². The number of hydrogen-bond donors (Lipinski definition) is 2. The summed E-state index contributed by atoms with van der Waals surface area (Å²) in [6.07, 6.45) is 1.35. The number of benzene rings is 1. The Hall–Kier alpha value is -2.45. The van der Waals surface area contributed by atoms with Gasteiger partial charge in [0.15, 0.2) is 0 Å². The Morgan fingerprint density at radius 2 is 2.09 bits per heavy atom. The second kappa shape index (κ2) is 5.32. The molecule has 1 aromatic carbocycles. The molecule has 0 amide bonds. The molecule has 0 radical (unpaired) electrons. The summed E-state index contributed by atoms with van der Waals surface area (Å²) in [5, 5.41) is 4.10. The lowest BCUT2D eigenvalue weighted by atomic mass is 9.93. The van der Waals surface area contributed by atoms with Crippen molar-refractivity contribution in [3.05, 3.63) is 34.5 Å². The third-order valence-corrected chi connectivity index (χ3v) is 4.31. The zero-order chi connectivity index (χ0) is 15.9. The van der Waals surface area contributed by atoms with Crippen LogP contribution in [0.5, 0.6) is 0 Å². The summed E-state index contributed by atoms with van der Waals surface area (Å²) >= 11 is 0. The highest BCUT2D eigenvalue weighted by molar-refractivity contribution is 5.89. The van der Waals surface area contributed by atoms with Crippen molar-refractivity contribution in [2.24, 2.45) is 0 Å². The first-order valence-electron chi connectivity index (χ1n) is 7.40. The monoisotopic (exact) mass is 316 g/mol. The normalized spacial score (nSPS) is 17.6. The molecule has 0 atom stereocenters. The molecule has 8 heteroatoms. The SMILES string of the molecule is COC1(c2noc(-c3cccc4[nH]c(=O)[nH]c34)n2)CCOCC1. The molecule has 120 valence electrons. The average molecular weight is 316 g/mol. The molecular weight excluding hydrogens is 300 g/mol. The maximum Gasteiger partial charge on any atom is 0.323 e. The van der Waals surface area contributed by atoms with Crippen molar-refractivity contribution in [3.63, 3.8) is 0 Å². The lowest BCUT2D eigenvalue weighted by Gasteiger charge is -2.32. The topological polar surface area (TPSA) is 106 Å². The van der Waals surface area contributed by atoms with E-state index < -0.39 is 5.60 Å². The first-order chi connectivity index (χ1) is 11.2. The Morgan fingerprint density at radius 1 is 1.26 bits per heavy atom. The third kappa shape index (κ3) is 2.27. The Bertz CT molecular complexity index is 888. The predicted molar refractivity (Wildman–Crippen MR) is 81.0 cm³/mol.